The Morgan fingerprint density at radius 2 is 2.07 bits per heavy atom. The van der Waals surface area contributed by atoms with Gasteiger partial charge < -0.3 is 9.80 Å². The first-order chi connectivity index (χ1) is 14.5. The zero-order valence-electron chi connectivity index (χ0n) is 17.0. The molecule has 1 aromatic heterocycles. The minimum Gasteiger partial charge on any atom is -0.334 e. The van der Waals surface area contributed by atoms with Crippen LogP contribution in [0.3, 0.4) is 0 Å². The van der Waals surface area contributed by atoms with E-state index in [1.165, 1.54) is 0 Å². The van der Waals surface area contributed by atoms with Gasteiger partial charge in [0.25, 0.3) is 5.91 Å². The maximum Gasteiger partial charge on any atom is 0.257 e. The molecule has 156 valence electrons. The van der Waals surface area contributed by atoms with E-state index in [0.717, 1.165) is 4.88 Å². The maximum absolute atomic E-state index is 13.3. The number of fused-ring (bicyclic) bond motifs is 3. The quantitative estimate of drug-likeness (QED) is 0.639. The van der Waals surface area contributed by atoms with E-state index in [1.807, 2.05) is 36.6 Å². The summed E-state index contributed by atoms with van der Waals surface area (Å²) in [6, 6.07) is 11.2. The van der Waals surface area contributed by atoms with Crippen molar-refractivity contribution in [1.82, 2.24) is 9.80 Å². The van der Waals surface area contributed by atoms with Crippen LogP contribution in [0.15, 0.2) is 54.4 Å². The summed E-state index contributed by atoms with van der Waals surface area (Å²) in [5, 5.41) is 1.99. The molecule has 1 fully saturated rings. The van der Waals surface area contributed by atoms with Crippen LogP contribution in [0.4, 0.5) is 5.69 Å². The van der Waals surface area contributed by atoms with Crippen LogP contribution in [-0.4, -0.2) is 46.3 Å². The van der Waals surface area contributed by atoms with Crippen molar-refractivity contribution in [3.8, 4) is 0 Å². The number of hydrogen-bond acceptors (Lipinski definition) is 4. The number of rotatable bonds is 7. The average molecular weight is 424 g/mol. The fourth-order valence-corrected chi connectivity index (χ4v) is 5.13. The molecule has 0 aliphatic carbocycles. The van der Waals surface area contributed by atoms with Crippen molar-refractivity contribution in [3.05, 3.63) is 64.9 Å². The van der Waals surface area contributed by atoms with Gasteiger partial charge in [0.1, 0.15) is 5.66 Å². The molecule has 30 heavy (non-hydrogen) atoms. The van der Waals surface area contributed by atoms with Crippen LogP contribution in [0.5, 0.6) is 0 Å². The molecule has 0 N–H and O–H groups in total. The van der Waals surface area contributed by atoms with Gasteiger partial charge in [-0.3, -0.25) is 19.3 Å². The Bertz CT molecular complexity index is 987. The van der Waals surface area contributed by atoms with E-state index in [0.29, 0.717) is 37.2 Å². The van der Waals surface area contributed by atoms with Crippen LogP contribution in [0.1, 0.15) is 41.4 Å². The Balaban J connectivity index is 1.55. The van der Waals surface area contributed by atoms with Crippen molar-refractivity contribution < 1.29 is 14.4 Å². The van der Waals surface area contributed by atoms with Crippen LogP contribution in [-0.2, 0) is 16.1 Å². The third kappa shape index (κ3) is 3.43. The Morgan fingerprint density at radius 3 is 2.80 bits per heavy atom. The standard InChI is InChI=1S/C23H25N3O3S/c1-3-13-24(16-17-7-6-15-30-17)20(27)11-14-25-22(29)18-8-4-5-9-19(18)26-21(28)10-12-23(25,26)2/h3-9,15H,1,10-14,16H2,2H3. The Kier molecular flexibility index (Phi) is 5.47. The first-order valence-corrected chi connectivity index (χ1v) is 11.0. The molecule has 0 radical (unpaired) electrons. The molecule has 0 spiro atoms. The summed E-state index contributed by atoms with van der Waals surface area (Å²) >= 11 is 1.61. The van der Waals surface area contributed by atoms with Gasteiger partial charge in [-0.25, -0.2) is 0 Å². The van der Waals surface area contributed by atoms with Crippen LogP contribution >= 0.6 is 11.3 Å². The summed E-state index contributed by atoms with van der Waals surface area (Å²) < 4.78 is 0. The fraction of sp³-hybridized carbons (Fsp3) is 0.348. The molecule has 3 amide bonds. The molecule has 4 rings (SSSR count). The van der Waals surface area contributed by atoms with E-state index in [9.17, 15) is 14.4 Å². The highest BCUT2D eigenvalue weighted by molar-refractivity contribution is 7.09. The molecule has 2 aliphatic heterocycles. The molecule has 1 aromatic carbocycles. The van der Waals surface area contributed by atoms with Crippen LogP contribution in [0, 0.1) is 0 Å². The number of thiophene rings is 1. The van der Waals surface area contributed by atoms with E-state index in [2.05, 4.69) is 6.58 Å². The number of para-hydroxylation sites is 1. The van der Waals surface area contributed by atoms with Gasteiger partial charge in [0, 0.05) is 30.8 Å². The third-order valence-electron chi connectivity index (χ3n) is 5.92. The number of carbonyl (C=O) groups is 3. The van der Waals surface area contributed by atoms with Crippen LogP contribution in [0.2, 0.25) is 0 Å². The minimum absolute atomic E-state index is 0.0137. The summed E-state index contributed by atoms with van der Waals surface area (Å²) in [5.41, 5.74) is 0.445. The highest BCUT2D eigenvalue weighted by Crippen LogP contribution is 2.43. The largest absolute Gasteiger partial charge is 0.334 e. The molecule has 3 heterocycles. The second-order valence-electron chi connectivity index (χ2n) is 7.81. The average Bonchev–Trinajstić information content (AvgIpc) is 3.35. The van der Waals surface area contributed by atoms with E-state index in [1.54, 1.807) is 44.2 Å². The molecule has 6 nitrogen and oxygen atoms in total. The van der Waals surface area contributed by atoms with Gasteiger partial charge in [0.05, 0.1) is 17.8 Å². The monoisotopic (exact) mass is 423 g/mol. The molecule has 0 bridgehead atoms. The van der Waals surface area contributed by atoms with Crippen molar-refractivity contribution in [2.24, 2.45) is 0 Å². The Hall–Kier alpha value is -2.93. The zero-order chi connectivity index (χ0) is 21.3. The number of amides is 3. The second-order valence-corrected chi connectivity index (χ2v) is 8.84. The third-order valence-corrected chi connectivity index (χ3v) is 6.79. The van der Waals surface area contributed by atoms with E-state index >= 15 is 0 Å². The highest BCUT2D eigenvalue weighted by atomic mass is 32.1. The summed E-state index contributed by atoms with van der Waals surface area (Å²) in [5.74, 6) is -0.144. The summed E-state index contributed by atoms with van der Waals surface area (Å²) in [6.07, 6.45) is 2.87. The van der Waals surface area contributed by atoms with Gasteiger partial charge in [-0.1, -0.05) is 24.3 Å². The fourth-order valence-electron chi connectivity index (χ4n) is 4.41. The second kappa shape index (κ2) is 8.07. The molecule has 1 unspecified atom stereocenters. The van der Waals surface area contributed by atoms with E-state index in [-0.39, 0.29) is 30.7 Å². The predicted octanol–water partition coefficient (Wildman–Crippen LogP) is 3.65. The van der Waals surface area contributed by atoms with Crippen molar-refractivity contribution in [1.29, 1.82) is 0 Å². The van der Waals surface area contributed by atoms with Crippen molar-refractivity contribution in [2.75, 3.05) is 18.0 Å². The predicted molar refractivity (Wildman–Crippen MR) is 117 cm³/mol. The summed E-state index contributed by atoms with van der Waals surface area (Å²) in [7, 11) is 0. The number of benzene rings is 1. The summed E-state index contributed by atoms with van der Waals surface area (Å²) in [6.45, 7) is 6.93. The molecule has 7 heteroatoms. The number of hydrogen-bond donors (Lipinski definition) is 0. The van der Waals surface area contributed by atoms with Crippen molar-refractivity contribution in [3.63, 3.8) is 0 Å². The molecular weight excluding hydrogens is 398 g/mol. The maximum atomic E-state index is 13.3. The van der Waals surface area contributed by atoms with E-state index < -0.39 is 5.66 Å². The lowest BCUT2D eigenvalue weighted by atomic mass is 9.98. The van der Waals surface area contributed by atoms with Gasteiger partial charge in [0.15, 0.2) is 0 Å². The molecule has 2 aromatic rings. The number of anilines is 1. The molecule has 1 saturated heterocycles. The first kappa shape index (κ1) is 20.3. The normalized spacial score (nSPS) is 20.2. The minimum atomic E-state index is -0.736. The summed E-state index contributed by atoms with van der Waals surface area (Å²) in [4.78, 5) is 45.2. The Morgan fingerprint density at radius 1 is 1.27 bits per heavy atom. The van der Waals surface area contributed by atoms with Gasteiger partial charge >= 0.3 is 0 Å². The van der Waals surface area contributed by atoms with Gasteiger partial charge in [-0.05, 0) is 36.9 Å². The molecule has 0 saturated carbocycles. The van der Waals surface area contributed by atoms with Gasteiger partial charge in [-0.2, -0.15) is 0 Å². The SMILES string of the molecule is C=CCN(Cc1cccs1)C(=O)CCN1C(=O)c2ccccc2N2C(=O)CCC12C. The van der Waals surface area contributed by atoms with Gasteiger partial charge in [0.2, 0.25) is 11.8 Å². The van der Waals surface area contributed by atoms with Crippen LogP contribution in [0.25, 0.3) is 0 Å². The lowest BCUT2D eigenvalue weighted by molar-refractivity contribution is -0.131. The lowest BCUT2D eigenvalue weighted by Gasteiger charge is -2.48. The van der Waals surface area contributed by atoms with Crippen LogP contribution < -0.4 is 4.90 Å². The number of carbonyl (C=O) groups excluding carboxylic acids is 3. The zero-order valence-corrected chi connectivity index (χ0v) is 17.9. The van der Waals surface area contributed by atoms with E-state index in [4.69, 9.17) is 0 Å². The van der Waals surface area contributed by atoms with Crippen molar-refractivity contribution in [2.45, 2.75) is 38.4 Å². The molecule has 1 atom stereocenters. The lowest BCUT2D eigenvalue weighted by Crippen LogP contribution is -2.62. The molecular formula is C23H25N3O3S. The first-order valence-electron chi connectivity index (χ1n) is 10.1. The number of nitrogens with zero attached hydrogens (tertiary/aromatic N) is 3. The topological polar surface area (TPSA) is 60.9 Å². The highest BCUT2D eigenvalue weighted by Gasteiger charge is 2.52. The smallest absolute Gasteiger partial charge is 0.257 e. The van der Waals surface area contributed by atoms with Crippen molar-refractivity contribution >= 4 is 34.7 Å². The Labute approximate surface area is 180 Å². The van der Waals surface area contributed by atoms with Gasteiger partial charge in [-0.15, -0.1) is 17.9 Å². The molecule has 2 aliphatic rings.